The number of nitrogens with zero attached hydrogens (tertiary/aromatic N) is 5. The minimum atomic E-state index is -0.216. The lowest BCUT2D eigenvalue weighted by molar-refractivity contribution is -0.132. The van der Waals surface area contributed by atoms with E-state index in [-0.39, 0.29) is 11.2 Å². The summed E-state index contributed by atoms with van der Waals surface area (Å²) in [6.45, 7) is 10.5. The number of carbonyl (C=O) groups is 1. The first-order chi connectivity index (χ1) is 12.5. The first-order valence-corrected chi connectivity index (χ1v) is 10.1. The zero-order valence-corrected chi connectivity index (χ0v) is 16.9. The Hall–Kier alpha value is -1.57. The number of rotatable bonds is 5. The lowest BCUT2D eigenvalue weighted by Gasteiger charge is -2.35. The molecule has 1 aromatic carbocycles. The molecule has 6 nitrogen and oxygen atoms in total. The molecule has 8 heteroatoms. The van der Waals surface area contributed by atoms with Crippen LogP contribution in [0.3, 0.4) is 0 Å². The van der Waals surface area contributed by atoms with Gasteiger partial charge in [0, 0.05) is 31.2 Å². The summed E-state index contributed by atoms with van der Waals surface area (Å²) in [7, 11) is 0. The zero-order valence-electron chi connectivity index (χ0n) is 15.4. The Morgan fingerprint density at radius 2 is 2.04 bits per heavy atom. The Labute approximate surface area is 163 Å². The second-order valence-electron chi connectivity index (χ2n) is 6.44. The van der Waals surface area contributed by atoms with Crippen molar-refractivity contribution < 1.29 is 4.79 Å². The highest BCUT2D eigenvalue weighted by Gasteiger charge is 2.26. The van der Waals surface area contributed by atoms with Gasteiger partial charge in [0.2, 0.25) is 5.91 Å². The molecule has 1 aliphatic rings. The fourth-order valence-corrected chi connectivity index (χ4v) is 4.06. The van der Waals surface area contributed by atoms with Crippen molar-refractivity contribution in [2.75, 3.05) is 32.7 Å². The van der Waals surface area contributed by atoms with Gasteiger partial charge in [-0.2, -0.15) is 0 Å². The number of likely N-dealkylation sites (N-methyl/N-ethyl adjacent to an activating group) is 1. The third kappa shape index (κ3) is 4.22. The molecule has 26 heavy (non-hydrogen) atoms. The van der Waals surface area contributed by atoms with E-state index in [1.165, 1.54) is 11.8 Å². The monoisotopic (exact) mass is 393 g/mol. The maximum absolute atomic E-state index is 12.8. The first kappa shape index (κ1) is 19.2. The highest BCUT2D eigenvalue weighted by atomic mass is 35.5. The number of hydrogen-bond donors (Lipinski definition) is 0. The molecule has 1 amide bonds. The summed E-state index contributed by atoms with van der Waals surface area (Å²) < 4.78 is 1.87. The zero-order chi connectivity index (χ0) is 18.7. The SMILES string of the molecule is CCN1CCN(C(=O)C(C)Sc2nncn2-c2ccc(C)c(Cl)c2)CC1. The predicted octanol–water partition coefficient (Wildman–Crippen LogP) is 2.87. The van der Waals surface area contributed by atoms with Crippen LogP contribution in [-0.4, -0.2) is 68.4 Å². The number of benzene rings is 1. The van der Waals surface area contributed by atoms with E-state index in [0.717, 1.165) is 44.0 Å². The largest absolute Gasteiger partial charge is 0.339 e. The highest BCUT2D eigenvalue weighted by Crippen LogP contribution is 2.27. The highest BCUT2D eigenvalue weighted by molar-refractivity contribution is 8.00. The van der Waals surface area contributed by atoms with Crippen LogP contribution in [0.4, 0.5) is 0 Å². The van der Waals surface area contributed by atoms with E-state index in [4.69, 9.17) is 11.6 Å². The molecule has 0 bridgehead atoms. The molecule has 1 atom stereocenters. The van der Waals surface area contributed by atoms with Crippen LogP contribution >= 0.6 is 23.4 Å². The standard InChI is InChI=1S/C18H24ClN5OS/c1-4-22-7-9-23(10-8-22)17(25)14(3)26-18-21-20-12-24(18)15-6-5-13(2)16(19)11-15/h5-6,11-12,14H,4,7-10H2,1-3H3. The van der Waals surface area contributed by atoms with Gasteiger partial charge in [0.15, 0.2) is 5.16 Å². The molecule has 0 aliphatic carbocycles. The molecule has 0 radical (unpaired) electrons. The Morgan fingerprint density at radius 1 is 1.31 bits per heavy atom. The van der Waals surface area contributed by atoms with E-state index < -0.39 is 0 Å². The number of hydrogen-bond acceptors (Lipinski definition) is 5. The number of piperazine rings is 1. The van der Waals surface area contributed by atoms with Gasteiger partial charge >= 0.3 is 0 Å². The summed E-state index contributed by atoms with van der Waals surface area (Å²) >= 11 is 7.67. The van der Waals surface area contributed by atoms with Crippen LogP contribution in [0.5, 0.6) is 0 Å². The maximum atomic E-state index is 12.8. The summed E-state index contributed by atoms with van der Waals surface area (Å²) in [5.41, 5.74) is 1.91. The number of amides is 1. The molecule has 1 fully saturated rings. The summed E-state index contributed by atoms with van der Waals surface area (Å²) in [5.74, 6) is 0.155. The second kappa shape index (κ2) is 8.41. The van der Waals surface area contributed by atoms with Crippen molar-refractivity contribution in [3.63, 3.8) is 0 Å². The number of aryl methyl sites for hydroxylation is 1. The van der Waals surface area contributed by atoms with Crippen molar-refractivity contribution in [3.8, 4) is 5.69 Å². The van der Waals surface area contributed by atoms with Crippen molar-refractivity contribution in [1.29, 1.82) is 0 Å². The molecular formula is C18H24ClN5OS. The van der Waals surface area contributed by atoms with Gasteiger partial charge in [0.1, 0.15) is 6.33 Å². The van der Waals surface area contributed by atoms with Gasteiger partial charge in [-0.15, -0.1) is 10.2 Å². The normalized spacial score (nSPS) is 16.7. The number of carbonyl (C=O) groups excluding carboxylic acids is 1. The molecule has 0 spiro atoms. The number of thioether (sulfide) groups is 1. The van der Waals surface area contributed by atoms with Crippen LogP contribution in [0.1, 0.15) is 19.4 Å². The van der Waals surface area contributed by atoms with E-state index >= 15 is 0 Å². The van der Waals surface area contributed by atoms with Crippen LogP contribution in [0, 0.1) is 6.92 Å². The maximum Gasteiger partial charge on any atom is 0.235 e. The van der Waals surface area contributed by atoms with Crippen molar-refractivity contribution in [2.45, 2.75) is 31.2 Å². The summed E-state index contributed by atoms with van der Waals surface area (Å²) in [5, 5.41) is 9.38. The van der Waals surface area contributed by atoms with Crippen molar-refractivity contribution >= 4 is 29.3 Å². The molecule has 3 rings (SSSR count). The molecule has 140 valence electrons. The molecule has 2 aromatic rings. The summed E-state index contributed by atoms with van der Waals surface area (Å²) in [6, 6.07) is 5.83. The molecule has 1 aromatic heterocycles. The van der Waals surface area contributed by atoms with E-state index in [2.05, 4.69) is 22.0 Å². The van der Waals surface area contributed by atoms with Gasteiger partial charge < -0.3 is 9.80 Å². The second-order valence-corrected chi connectivity index (χ2v) is 8.15. The van der Waals surface area contributed by atoms with E-state index in [1.807, 2.05) is 41.5 Å². The fourth-order valence-electron chi connectivity index (χ4n) is 2.96. The van der Waals surface area contributed by atoms with Gasteiger partial charge in [-0.05, 0) is 38.1 Å². The Bertz CT molecular complexity index is 773. The Morgan fingerprint density at radius 3 is 2.69 bits per heavy atom. The van der Waals surface area contributed by atoms with Gasteiger partial charge in [-0.3, -0.25) is 9.36 Å². The smallest absolute Gasteiger partial charge is 0.235 e. The minimum Gasteiger partial charge on any atom is -0.339 e. The average Bonchev–Trinajstić information content (AvgIpc) is 3.11. The third-order valence-corrected chi connectivity index (χ3v) is 6.16. The molecule has 1 saturated heterocycles. The predicted molar refractivity (Wildman–Crippen MR) is 105 cm³/mol. The fraction of sp³-hybridized carbons (Fsp3) is 0.500. The van der Waals surface area contributed by atoms with Crippen LogP contribution in [-0.2, 0) is 4.79 Å². The van der Waals surface area contributed by atoms with Gasteiger partial charge in [-0.1, -0.05) is 36.4 Å². The lowest BCUT2D eigenvalue weighted by atomic mass is 10.2. The van der Waals surface area contributed by atoms with Crippen molar-refractivity contribution in [2.24, 2.45) is 0 Å². The van der Waals surface area contributed by atoms with Gasteiger partial charge in [0.05, 0.1) is 10.9 Å². The average molecular weight is 394 g/mol. The third-order valence-electron chi connectivity index (χ3n) is 4.71. The van der Waals surface area contributed by atoms with Crippen molar-refractivity contribution in [1.82, 2.24) is 24.6 Å². The Balaban J connectivity index is 1.68. The lowest BCUT2D eigenvalue weighted by Crippen LogP contribution is -2.50. The topological polar surface area (TPSA) is 54.3 Å². The summed E-state index contributed by atoms with van der Waals surface area (Å²) in [6.07, 6.45) is 1.65. The van der Waals surface area contributed by atoms with Crippen LogP contribution in [0.2, 0.25) is 5.02 Å². The first-order valence-electron chi connectivity index (χ1n) is 8.84. The Kier molecular flexibility index (Phi) is 6.21. The van der Waals surface area contributed by atoms with Gasteiger partial charge in [-0.25, -0.2) is 0 Å². The molecular weight excluding hydrogens is 370 g/mol. The number of halogens is 1. The van der Waals surface area contributed by atoms with Crippen molar-refractivity contribution in [3.05, 3.63) is 35.1 Å². The molecule has 0 saturated carbocycles. The van der Waals surface area contributed by atoms with Crippen LogP contribution in [0.15, 0.2) is 29.7 Å². The molecule has 0 N–H and O–H groups in total. The van der Waals surface area contributed by atoms with Gasteiger partial charge in [0.25, 0.3) is 0 Å². The van der Waals surface area contributed by atoms with Crippen LogP contribution in [0.25, 0.3) is 5.69 Å². The van der Waals surface area contributed by atoms with Crippen LogP contribution < -0.4 is 0 Å². The molecule has 1 unspecified atom stereocenters. The number of aromatic nitrogens is 3. The quantitative estimate of drug-likeness (QED) is 0.731. The van der Waals surface area contributed by atoms with E-state index in [0.29, 0.717) is 10.2 Å². The minimum absolute atomic E-state index is 0.155. The molecule has 2 heterocycles. The molecule has 1 aliphatic heterocycles. The van der Waals surface area contributed by atoms with E-state index in [1.54, 1.807) is 6.33 Å². The summed E-state index contributed by atoms with van der Waals surface area (Å²) in [4.78, 5) is 17.1. The van der Waals surface area contributed by atoms with E-state index in [9.17, 15) is 4.79 Å².